The number of aliphatic hydroxyl groups excluding tert-OH is 1. The van der Waals surface area contributed by atoms with Gasteiger partial charge in [0, 0.05) is 49.9 Å². The Balaban J connectivity index is 0.945. The maximum atomic E-state index is 13.3. The molecule has 3 heterocycles. The Hall–Kier alpha value is -5.52. The van der Waals surface area contributed by atoms with Crippen LogP contribution in [-0.2, 0) is 34.0 Å². The summed E-state index contributed by atoms with van der Waals surface area (Å²) in [6, 6.07) is 44.4. The highest BCUT2D eigenvalue weighted by Crippen LogP contribution is 2.43. The fourth-order valence-electron chi connectivity index (χ4n) is 8.44. The van der Waals surface area contributed by atoms with Crippen molar-refractivity contribution in [3.8, 4) is 11.1 Å². The molecule has 0 radical (unpaired) electrons. The minimum absolute atomic E-state index is 0.0122. The number of piperidine rings is 1. The molecule has 0 aliphatic carbocycles. The lowest BCUT2D eigenvalue weighted by atomic mass is 9.84. The van der Waals surface area contributed by atoms with Crippen molar-refractivity contribution in [1.29, 1.82) is 0 Å². The van der Waals surface area contributed by atoms with Crippen LogP contribution in [0.2, 0.25) is 0 Å². The lowest BCUT2D eigenvalue weighted by Gasteiger charge is -2.46. The second kappa shape index (κ2) is 17.3. The number of likely N-dealkylation sites (tertiary alicyclic amines) is 1. The van der Waals surface area contributed by atoms with Gasteiger partial charge in [-0.3, -0.25) is 4.79 Å². The van der Waals surface area contributed by atoms with Crippen molar-refractivity contribution < 1.29 is 24.2 Å². The number of carbonyl (C=O) groups excluding carboxylic acids is 2. The van der Waals surface area contributed by atoms with Gasteiger partial charge in [0.1, 0.15) is 5.54 Å². The van der Waals surface area contributed by atoms with Crippen molar-refractivity contribution >= 4 is 17.6 Å². The lowest BCUT2D eigenvalue weighted by Crippen LogP contribution is -2.57. The van der Waals surface area contributed by atoms with Crippen molar-refractivity contribution in [2.24, 2.45) is 5.92 Å². The van der Waals surface area contributed by atoms with Gasteiger partial charge in [-0.25, -0.2) is 4.79 Å². The van der Waals surface area contributed by atoms with E-state index < -0.39 is 11.8 Å². The number of carbonyl (C=O) groups is 2. The number of rotatable bonds is 11. The molecule has 5 aromatic carbocycles. The second-order valence-electron chi connectivity index (χ2n) is 15.4. The summed E-state index contributed by atoms with van der Waals surface area (Å²) in [5.74, 6) is 0.158. The molecule has 5 aromatic rings. The van der Waals surface area contributed by atoms with Gasteiger partial charge in [0.2, 0.25) is 5.91 Å². The van der Waals surface area contributed by atoms with Gasteiger partial charge in [-0.15, -0.1) is 0 Å². The SMILES string of the molecule is C[C@H]1[C@@H](CN2CCC3(CC2)C(=O)NCN3c2ccccc2)O[C@@H](c2ccc(-c3cccc(CNC(=O)NCc4ccccc4)c3)cc2)O[C@H]1c1ccc(CO)cc1. The predicted octanol–water partition coefficient (Wildman–Crippen LogP) is 7.07. The molecule has 294 valence electrons. The van der Waals surface area contributed by atoms with Crippen molar-refractivity contribution in [2.45, 2.75) is 63.5 Å². The van der Waals surface area contributed by atoms with Crippen LogP contribution in [-0.4, -0.2) is 59.9 Å². The standard InChI is InChI=1S/C47H51N5O5/c1-33-42(30-51-25-23-47(24-26-51)45(54)50-32-52(47)41-13-6-3-7-14-41)56-44(57-43(33)38-17-15-35(31-53)16-18-38)39-21-19-37(20-22-39)40-12-8-11-36(27-40)29-49-46(55)48-28-34-9-4-2-5-10-34/h2-22,27,33,42-44,53H,23-26,28-32H2,1H3,(H,50,54)(H2,48,49,55)/t33-,42+,43+,44+/m0/s1. The summed E-state index contributed by atoms with van der Waals surface area (Å²) in [7, 11) is 0. The van der Waals surface area contributed by atoms with Crippen LogP contribution in [0, 0.1) is 5.92 Å². The van der Waals surface area contributed by atoms with Gasteiger partial charge in [0.15, 0.2) is 6.29 Å². The van der Waals surface area contributed by atoms with Crippen molar-refractivity contribution in [3.05, 3.63) is 161 Å². The number of hydrogen-bond acceptors (Lipinski definition) is 7. The van der Waals surface area contributed by atoms with Gasteiger partial charge in [-0.05, 0) is 64.4 Å². The molecule has 3 aliphatic rings. The zero-order valence-corrected chi connectivity index (χ0v) is 32.3. The molecule has 57 heavy (non-hydrogen) atoms. The zero-order chi connectivity index (χ0) is 39.2. The molecule has 3 saturated heterocycles. The Morgan fingerprint density at radius 3 is 2.11 bits per heavy atom. The van der Waals surface area contributed by atoms with Gasteiger partial charge < -0.3 is 40.3 Å². The first kappa shape index (κ1) is 38.4. The van der Waals surface area contributed by atoms with E-state index in [9.17, 15) is 14.7 Å². The molecule has 8 rings (SSSR count). The number of benzene rings is 5. The van der Waals surface area contributed by atoms with E-state index in [1.807, 2.05) is 84.9 Å². The Morgan fingerprint density at radius 2 is 1.40 bits per heavy atom. The topological polar surface area (TPSA) is 115 Å². The van der Waals surface area contributed by atoms with Crippen LogP contribution in [0.3, 0.4) is 0 Å². The number of hydrogen-bond donors (Lipinski definition) is 4. The fraction of sp³-hybridized carbons (Fsp3) is 0.319. The molecule has 4 atom stereocenters. The van der Waals surface area contributed by atoms with Crippen LogP contribution in [0.5, 0.6) is 0 Å². The summed E-state index contributed by atoms with van der Waals surface area (Å²) < 4.78 is 13.6. The Morgan fingerprint density at radius 1 is 0.754 bits per heavy atom. The Labute approximate surface area is 334 Å². The van der Waals surface area contributed by atoms with E-state index >= 15 is 0 Å². The van der Waals surface area contributed by atoms with Gasteiger partial charge in [-0.2, -0.15) is 0 Å². The number of aliphatic hydroxyl groups is 1. The van der Waals surface area contributed by atoms with Crippen LogP contribution >= 0.6 is 0 Å². The summed E-state index contributed by atoms with van der Waals surface area (Å²) in [6.07, 6.45) is 0.539. The Kier molecular flexibility index (Phi) is 11.7. The second-order valence-corrected chi connectivity index (χ2v) is 15.4. The number of para-hydroxylation sites is 1. The first-order chi connectivity index (χ1) is 27.9. The first-order valence-corrected chi connectivity index (χ1v) is 20.0. The summed E-state index contributed by atoms with van der Waals surface area (Å²) >= 11 is 0. The highest BCUT2D eigenvalue weighted by Gasteiger charge is 2.51. The van der Waals surface area contributed by atoms with E-state index in [1.165, 1.54) is 0 Å². The highest BCUT2D eigenvalue weighted by molar-refractivity contribution is 5.93. The number of urea groups is 1. The van der Waals surface area contributed by atoms with Crippen molar-refractivity contribution in [3.63, 3.8) is 0 Å². The molecule has 3 aliphatic heterocycles. The predicted molar refractivity (Wildman–Crippen MR) is 221 cm³/mol. The third-order valence-electron chi connectivity index (χ3n) is 11.8. The lowest BCUT2D eigenvalue weighted by molar-refractivity contribution is -0.276. The average Bonchev–Trinajstić information content (AvgIpc) is 3.58. The molecule has 3 fully saturated rings. The number of amides is 3. The molecule has 0 saturated carbocycles. The first-order valence-electron chi connectivity index (χ1n) is 20.0. The normalized spacial score (nSPS) is 21.9. The number of nitrogens with one attached hydrogen (secondary N) is 3. The van der Waals surface area contributed by atoms with Crippen molar-refractivity contribution in [2.75, 3.05) is 31.2 Å². The summed E-state index contributed by atoms with van der Waals surface area (Å²) in [6.45, 7) is 5.87. The molecule has 10 nitrogen and oxygen atoms in total. The van der Waals surface area contributed by atoms with E-state index in [1.54, 1.807) is 0 Å². The van der Waals surface area contributed by atoms with Gasteiger partial charge >= 0.3 is 6.03 Å². The summed E-state index contributed by atoms with van der Waals surface area (Å²) in [5, 5.41) is 18.7. The van der Waals surface area contributed by atoms with Crippen LogP contribution in [0.1, 0.15) is 60.0 Å². The molecule has 0 aromatic heterocycles. The number of ether oxygens (including phenoxy) is 2. The minimum atomic E-state index is -0.585. The van der Waals surface area contributed by atoms with Gasteiger partial charge in [-0.1, -0.05) is 122 Å². The van der Waals surface area contributed by atoms with E-state index in [0.717, 1.165) is 77.1 Å². The zero-order valence-electron chi connectivity index (χ0n) is 32.3. The van der Waals surface area contributed by atoms with E-state index in [4.69, 9.17) is 9.47 Å². The average molecular weight is 766 g/mol. The van der Waals surface area contributed by atoms with Gasteiger partial charge in [0.05, 0.1) is 25.5 Å². The third kappa shape index (κ3) is 8.60. The summed E-state index contributed by atoms with van der Waals surface area (Å²) in [4.78, 5) is 30.5. The quantitative estimate of drug-likeness (QED) is 0.114. The maximum absolute atomic E-state index is 13.3. The van der Waals surface area contributed by atoms with Crippen LogP contribution in [0.25, 0.3) is 11.1 Å². The monoisotopic (exact) mass is 765 g/mol. The van der Waals surface area contributed by atoms with E-state index in [0.29, 0.717) is 19.8 Å². The van der Waals surface area contributed by atoms with Crippen LogP contribution in [0.4, 0.5) is 10.5 Å². The number of nitrogens with zero attached hydrogens (tertiary/aromatic N) is 2. The largest absolute Gasteiger partial charge is 0.392 e. The molecular weight excluding hydrogens is 715 g/mol. The smallest absolute Gasteiger partial charge is 0.315 e. The van der Waals surface area contributed by atoms with Crippen LogP contribution < -0.4 is 20.9 Å². The van der Waals surface area contributed by atoms with Gasteiger partial charge in [0.25, 0.3) is 0 Å². The molecule has 0 bridgehead atoms. The fourth-order valence-corrected chi connectivity index (χ4v) is 8.44. The molecule has 1 spiro atoms. The maximum Gasteiger partial charge on any atom is 0.315 e. The molecule has 3 amide bonds. The van der Waals surface area contributed by atoms with E-state index in [-0.39, 0.29) is 36.7 Å². The molecule has 0 unspecified atom stereocenters. The van der Waals surface area contributed by atoms with E-state index in [2.05, 4.69) is 81.2 Å². The van der Waals surface area contributed by atoms with Crippen molar-refractivity contribution in [1.82, 2.24) is 20.9 Å². The number of anilines is 1. The highest BCUT2D eigenvalue weighted by atomic mass is 16.7. The molecule has 10 heteroatoms. The van der Waals surface area contributed by atoms with Crippen LogP contribution in [0.15, 0.2) is 133 Å². The molecule has 4 N–H and O–H groups in total. The Bertz CT molecular complexity index is 2110. The third-order valence-corrected chi connectivity index (χ3v) is 11.8. The molecular formula is C47H51N5O5. The summed E-state index contributed by atoms with van der Waals surface area (Å²) in [5.41, 5.74) is 7.51. The minimum Gasteiger partial charge on any atom is -0.392 e.